The van der Waals surface area contributed by atoms with Crippen LogP contribution in [0.15, 0.2) is 22.7 Å². The number of carbonyl (C=O) groups excluding carboxylic acids is 1. The monoisotopic (exact) mass is 285 g/mol. The number of ketones is 1. The van der Waals surface area contributed by atoms with Crippen molar-refractivity contribution in [3.63, 3.8) is 0 Å². The molecule has 0 fully saturated rings. The van der Waals surface area contributed by atoms with E-state index in [0.29, 0.717) is 12.8 Å². The van der Waals surface area contributed by atoms with Crippen molar-refractivity contribution in [3.05, 3.63) is 28.2 Å². The average Bonchev–Trinajstić information content (AvgIpc) is 2.30. The van der Waals surface area contributed by atoms with E-state index in [0.717, 1.165) is 15.8 Å². The number of carbonyl (C=O) groups is 1. The number of Topliss-reactive ketones (excluding diaryl/α,β-unsaturated/α-hetero) is 1. The van der Waals surface area contributed by atoms with E-state index >= 15 is 0 Å². The second-order valence-electron chi connectivity index (χ2n) is 3.62. The Hall–Kier alpha value is -0.870. The molecule has 0 saturated carbocycles. The van der Waals surface area contributed by atoms with Gasteiger partial charge < -0.3 is 10.5 Å². The average molecular weight is 286 g/mol. The summed E-state index contributed by atoms with van der Waals surface area (Å²) in [4.78, 5) is 11.7. The zero-order chi connectivity index (χ0) is 12.1. The van der Waals surface area contributed by atoms with Gasteiger partial charge in [-0.3, -0.25) is 4.79 Å². The molecule has 1 atom stereocenters. The van der Waals surface area contributed by atoms with Gasteiger partial charge in [0.25, 0.3) is 0 Å². The third-order valence-electron chi connectivity index (χ3n) is 2.47. The zero-order valence-electron chi connectivity index (χ0n) is 9.50. The van der Waals surface area contributed by atoms with E-state index in [9.17, 15) is 4.79 Å². The largest absolute Gasteiger partial charge is 0.497 e. The molecule has 1 rings (SSSR count). The summed E-state index contributed by atoms with van der Waals surface area (Å²) < 4.78 is 6.02. The van der Waals surface area contributed by atoms with Crippen LogP contribution in [0.5, 0.6) is 5.75 Å². The minimum absolute atomic E-state index is 0.0523. The van der Waals surface area contributed by atoms with Crippen molar-refractivity contribution >= 4 is 21.7 Å². The van der Waals surface area contributed by atoms with Crippen LogP contribution in [-0.2, 0) is 11.2 Å². The summed E-state index contributed by atoms with van der Waals surface area (Å²) >= 11 is 3.41. The first-order chi connectivity index (χ1) is 7.58. The smallest absolute Gasteiger partial charge is 0.153 e. The number of nitrogens with two attached hydrogens (primary N) is 1. The summed E-state index contributed by atoms with van der Waals surface area (Å²) in [5.74, 6) is 0.799. The quantitative estimate of drug-likeness (QED) is 0.903. The molecule has 1 aromatic rings. The van der Waals surface area contributed by atoms with Crippen molar-refractivity contribution in [2.45, 2.75) is 25.8 Å². The minimum atomic E-state index is -0.377. The Morgan fingerprint density at radius 3 is 2.81 bits per heavy atom. The van der Waals surface area contributed by atoms with Crippen LogP contribution in [-0.4, -0.2) is 18.9 Å². The molecule has 0 radical (unpaired) electrons. The van der Waals surface area contributed by atoms with Crippen LogP contribution < -0.4 is 10.5 Å². The van der Waals surface area contributed by atoms with Gasteiger partial charge in [0, 0.05) is 10.9 Å². The lowest BCUT2D eigenvalue weighted by Crippen LogP contribution is -2.30. The fourth-order valence-electron chi connectivity index (χ4n) is 1.36. The first-order valence-electron chi connectivity index (χ1n) is 5.19. The number of halogens is 1. The Kier molecular flexibility index (Phi) is 4.96. The number of rotatable bonds is 5. The van der Waals surface area contributed by atoms with Crippen molar-refractivity contribution < 1.29 is 9.53 Å². The van der Waals surface area contributed by atoms with E-state index in [2.05, 4.69) is 15.9 Å². The summed E-state index contributed by atoms with van der Waals surface area (Å²) in [7, 11) is 1.60. The minimum Gasteiger partial charge on any atom is -0.497 e. The molecule has 3 nitrogen and oxygen atoms in total. The van der Waals surface area contributed by atoms with Crippen LogP contribution in [0.4, 0.5) is 0 Å². The van der Waals surface area contributed by atoms with Gasteiger partial charge in [-0.1, -0.05) is 22.9 Å². The van der Waals surface area contributed by atoms with Gasteiger partial charge >= 0.3 is 0 Å². The second-order valence-corrected chi connectivity index (χ2v) is 4.47. The van der Waals surface area contributed by atoms with Gasteiger partial charge in [0.15, 0.2) is 5.78 Å². The van der Waals surface area contributed by atoms with E-state index in [1.165, 1.54) is 0 Å². The van der Waals surface area contributed by atoms with Crippen molar-refractivity contribution in [2.75, 3.05) is 7.11 Å². The van der Waals surface area contributed by atoms with Crippen LogP contribution in [0.3, 0.4) is 0 Å². The molecule has 2 N–H and O–H groups in total. The van der Waals surface area contributed by atoms with Crippen LogP contribution in [0, 0.1) is 0 Å². The highest BCUT2D eigenvalue weighted by atomic mass is 79.9. The molecule has 0 saturated heterocycles. The van der Waals surface area contributed by atoms with Crippen molar-refractivity contribution in [2.24, 2.45) is 5.73 Å². The number of ether oxygens (including phenoxy) is 1. The molecule has 4 heteroatoms. The number of hydrogen-bond donors (Lipinski definition) is 1. The third kappa shape index (κ3) is 3.32. The molecule has 16 heavy (non-hydrogen) atoms. The third-order valence-corrected chi connectivity index (χ3v) is 3.24. The van der Waals surface area contributed by atoms with E-state index in [1.54, 1.807) is 7.11 Å². The lowest BCUT2D eigenvalue weighted by Gasteiger charge is -2.10. The highest BCUT2D eigenvalue weighted by Crippen LogP contribution is 2.23. The lowest BCUT2D eigenvalue weighted by atomic mass is 10.0. The molecule has 0 spiro atoms. The topological polar surface area (TPSA) is 52.3 Å². The summed E-state index contributed by atoms with van der Waals surface area (Å²) in [6.45, 7) is 1.91. The molecular weight excluding hydrogens is 270 g/mol. The summed E-state index contributed by atoms with van der Waals surface area (Å²) in [6, 6.07) is 5.19. The fourth-order valence-corrected chi connectivity index (χ4v) is 1.75. The normalized spacial score (nSPS) is 12.2. The first kappa shape index (κ1) is 13.2. The van der Waals surface area contributed by atoms with Gasteiger partial charge in [-0.15, -0.1) is 0 Å². The summed E-state index contributed by atoms with van der Waals surface area (Å²) in [6.07, 6.45) is 1.01. The molecule has 1 unspecified atom stereocenters. The molecule has 1 aromatic carbocycles. The zero-order valence-corrected chi connectivity index (χ0v) is 11.1. The predicted octanol–water partition coefficient (Wildman–Crippen LogP) is 2.31. The lowest BCUT2D eigenvalue weighted by molar-refractivity contribution is -0.119. The molecule has 0 heterocycles. The predicted molar refractivity (Wildman–Crippen MR) is 67.7 cm³/mol. The number of methoxy groups -OCH3 is 1. The van der Waals surface area contributed by atoms with Crippen LogP contribution in [0.1, 0.15) is 18.9 Å². The number of hydrogen-bond acceptors (Lipinski definition) is 3. The van der Waals surface area contributed by atoms with E-state index < -0.39 is 0 Å². The fraction of sp³-hybridized carbons (Fsp3) is 0.417. The van der Waals surface area contributed by atoms with E-state index in [4.69, 9.17) is 10.5 Å². The maximum absolute atomic E-state index is 11.7. The van der Waals surface area contributed by atoms with Crippen molar-refractivity contribution in [1.82, 2.24) is 0 Å². The molecule has 0 aliphatic carbocycles. The Morgan fingerprint density at radius 2 is 2.25 bits per heavy atom. The summed E-state index contributed by atoms with van der Waals surface area (Å²) in [5.41, 5.74) is 6.60. The van der Waals surface area contributed by atoms with Crippen LogP contribution >= 0.6 is 15.9 Å². The van der Waals surface area contributed by atoms with E-state index in [1.807, 2.05) is 25.1 Å². The standard InChI is InChI=1S/C12H16BrNO2/c1-3-11(14)12(15)7-8-6-9(16-2)4-5-10(8)13/h4-6,11H,3,7,14H2,1-2H3. The van der Waals surface area contributed by atoms with Gasteiger partial charge in [0.1, 0.15) is 5.75 Å². The molecule has 0 amide bonds. The Morgan fingerprint density at radius 1 is 1.56 bits per heavy atom. The van der Waals surface area contributed by atoms with Gasteiger partial charge in [0.2, 0.25) is 0 Å². The van der Waals surface area contributed by atoms with Crippen molar-refractivity contribution in [3.8, 4) is 5.75 Å². The molecule has 0 aliphatic heterocycles. The maximum atomic E-state index is 11.7. The first-order valence-corrected chi connectivity index (χ1v) is 5.98. The van der Waals surface area contributed by atoms with Gasteiger partial charge in [-0.25, -0.2) is 0 Å². The molecule has 0 aromatic heterocycles. The van der Waals surface area contributed by atoms with Gasteiger partial charge in [-0.05, 0) is 30.2 Å². The van der Waals surface area contributed by atoms with Gasteiger partial charge in [-0.2, -0.15) is 0 Å². The molecule has 88 valence electrons. The van der Waals surface area contributed by atoms with Gasteiger partial charge in [0.05, 0.1) is 13.2 Å². The van der Waals surface area contributed by atoms with E-state index in [-0.39, 0.29) is 11.8 Å². The SMILES string of the molecule is CCC(N)C(=O)Cc1cc(OC)ccc1Br. The van der Waals surface area contributed by atoms with Crippen molar-refractivity contribution in [1.29, 1.82) is 0 Å². The molecular formula is C12H16BrNO2. The maximum Gasteiger partial charge on any atom is 0.153 e. The highest BCUT2D eigenvalue weighted by molar-refractivity contribution is 9.10. The number of benzene rings is 1. The molecule has 0 bridgehead atoms. The molecule has 0 aliphatic rings. The Balaban J connectivity index is 2.83. The Labute approximate surface area is 104 Å². The highest BCUT2D eigenvalue weighted by Gasteiger charge is 2.13. The van der Waals surface area contributed by atoms with Crippen LogP contribution in [0.2, 0.25) is 0 Å². The Bertz CT molecular complexity index is 379. The van der Waals surface area contributed by atoms with Crippen LogP contribution in [0.25, 0.3) is 0 Å². The summed E-state index contributed by atoms with van der Waals surface area (Å²) in [5, 5.41) is 0. The second kappa shape index (κ2) is 6.01.